The van der Waals surface area contributed by atoms with E-state index < -0.39 is 5.60 Å². The maximum absolute atomic E-state index is 9.65. The Morgan fingerprint density at radius 1 is 1.14 bits per heavy atom. The van der Waals surface area contributed by atoms with Crippen molar-refractivity contribution in [1.82, 2.24) is 4.90 Å². The molecule has 0 spiro atoms. The summed E-state index contributed by atoms with van der Waals surface area (Å²) < 4.78 is 0. The fourth-order valence-corrected chi connectivity index (χ4v) is 1.54. The number of aliphatic hydroxyl groups excluding tert-OH is 1. The maximum atomic E-state index is 9.65. The van der Waals surface area contributed by atoms with Crippen LogP contribution in [-0.4, -0.2) is 47.0 Å². The van der Waals surface area contributed by atoms with Gasteiger partial charge in [0.1, 0.15) is 0 Å². The van der Waals surface area contributed by atoms with Crippen molar-refractivity contribution in [2.75, 3.05) is 26.2 Å². The standard InChI is InChI=1S/C11H25NO2/c1-4-5-6-7-12(8-9-13)10-11(2,3)14/h13-14H,4-10H2,1-3H3. The number of unbranched alkanes of at least 4 members (excludes halogenated alkanes) is 2. The Morgan fingerprint density at radius 2 is 1.79 bits per heavy atom. The van der Waals surface area contributed by atoms with Gasteiger partial charge in [-0.3, -0.25) is 4.90 Å². The first kappa shape index (κ1) is 13.9. The first-order valence-electron chi connectivity index (χ1n) is 5.55. The van der Waals surface area contributed by atoms with E-state index in [-0.39, 0.29) is 6.61 Å². The second kappa shape index (κ2) is 7.21. The van der Waals surface area contributed by atoms with Crippen LogP contribution in [0.5, 0.6) is 0 Å². The molecule has 0 aromatic rings. The van der Waals surface area contributed by atoms with Crippen LogP contribution in [0.1, 0.15) is 40.0 Å². The van der Waals surface area contributed by atoms with Crippen molar-refractivity contribution >= 4 is 0 Å². The molecule has 0 amide bonds. The summed E-state index contributed by atoms with van der Waals surface area (Å²) in [6, 6.07) is 0. The van der Waals surface area contributed by atoms with E-state index in [0.29, 0.717) is 13.1 Å². The number of hydrogen-bond acceptors (Lipinski definition) is 3. The van der Waals surface area contributed by atoms with E-state index >= 15 is 0 Å². The molecular formula is C11H25NO2. The van der Waals surface area contributed by atoms with Crippen LogP contribution < -0.4 is 0 Å². The van der Waals surface area contributed by atoms with Gasteiger partial charge >= 0.3 is 0 Å². The average Bonchev–Trinajstić information content (AvgIpc) is 2.02. The predicted molar refractivity (Wildman–Crippen MR) is 59.3 cm³/mol. The molecule has 0 aliphatic heterocycles. The van der Waals surface area contributed by atoms with Crippen molar-refractivity contribution in [3.05, 3.63) is 0 Å². The van der Waals surface area contributed by atoms with Gasteiger partial charge in [0.25, 0.3) is 0 Å². The molecule has 3 heteroatoms. The minimum atomic E-state index is -0.665. The van der Waals surface area contributed by atoms with Crippen molar-refractivity contribution < 1.29 is 10.2 Å². The highest BCUT2D eigenvalue weighted by Crippen LogP contribution is 2.06. The lowest BCUT2D eigenvalue weighted by Gasteiger charge is -2.28. The molecule has 2 N–H and O–H groups in total. The fraction of sp³-hybridized carbons (Fsp3) is 1.00. The van der Waals surface area contributed by atoms with Crippen LogP contribution >= 0.6 is 0 Å². The van der Waals surface area contributed by atoms with Gasteiger partial charge in [0.15, 0.2) is 0 Å². The van der Waals surface area contributed by atoms with E-state index in [1.807, 2.05) is 0 Å². The second-order valence-electron chi connectivity index (χ2n) is 4.52. The smallest absolute Gasteiger partial charge is 0.0718 e. The summed E-state index contributed by atoms with van der Waals surface area (Å²) in [5.74, 6) is 0. The molecule has 0 aromatic carbocycles. The highest BCUT2D eigenvalue weighted by Gasteiger charge is 2.17. The summed E-state index contributed by atoms with van der Waals surface area (Å²) in [6.07, 6.45) is 3.57. The van der Waals surface area contributed by atoms with Crippen molar-refractivity contribution in [3.63, 3.8) is 0 Å². The van der Waals surface area contributed by atoms with E-state index in [1.165, 1.54) is 12.8 Å². The second-order valence-corrected chi connectivity index (χ2v) is 4.52. The lowest BCUT2D eigenvalue weighted by Crippen LogP contribution is -2.40. The Balaban J connectivity index is 3.77. The summed E-state index contributed by atoms with van der Waals surface area (Å²) in [4.78, 5) is 2.12. The van der Waals surface area contributed by atoms with Gasteiger partial charge < -0.3 is 10.2 Å². The molecule has 0 saturated carbocycles. The van der Waals surface area contributed by atoms with Crippen LogP contribution in [0.25, 0.3) is 0 Å². The Kier molecular flexibility index (Phi) is 7.15. The summed E-state index contributed by atoms with van der Waals surface area (Å²) in [5, 5.41) is 18.5. The van der Waals surface area contributed by atoms with Crippen molar-refractivity contribution in [1.29, 1.82) is 0 Å². The highest BCUT2D eigenvalue weighted by atomic mass is 16.3. The molecule has 3 nitrogen and oxygen atoms in total. The van der Waals surface area contributed by atoms with Gasteiger partial charge in [-0.2, -0.15) is 0 Å². The summed E-state index contributed by atoms with van der Waals surface area (Å²) in [5.41, 5.74) is -0.665. The molecule has 0 saturated heterocycles. The van der Waals surface area contributed by atoms with Crippen molar-refractivity contribution in [2.45, 2.75) is 45.6 Å². The summed E-state index contributed by atoms with van der Waals surface area (Å²) in [7, 11) is 0. The monoisotopic (exact) mass is 203 g/mol. The van der Waals surface area contributed by atoms with E-state index in [9.17, 15) is 5.11 Å². The quantitative estimate of drug-likeness (QED) is 0.583. The molecule has 0 aromatic heterocycles. The molecule has 0 radical (unpaired) electrons. The van der Waals surface area contributed by atoms with Gasteiger partial charge in [0.2, 0.25) is 0 Å². The normalized spacial score (nSPS) is 12.4. The number of hydrogen-bond donors (Lipinski definition) is 2. The maximum Gasteiger partial charge on any atom is 0.0718 e. The lowest BCUT2D eigenvalue weighted by atomic mass is 10.1. The Bertz CT molecular complexity index is 132. The summed E-state index contributed by atoms with van der Waals surface area (Å²) >= 11 is 0. The molecule has 14 heavy (non-hydrogen) atoms. The first-order chi connectivity index (χ1) is 6.49. The van der Waals surface area contributed by atoms with Gasteiger partial charge in [-0.25, -0.2) is 0 Å². The Morgan fingerprint density at radius 3 is 2.21 bits per heavy atom. The van der Waals surface area contributed by atoms with Crippen LogP contribution in [-0.2, 0) is 0 Å². The number of nitrogens with zero attached hydrogens (tertiary/aromatic N) is 1. The predicted octanol–water partition coefficient (Wildman–Crippen LogP) is 1.24. The van der Waals surface area contributed by atoms with E-state index in [0.717, 1.165) is 13.0 Å². The molecule has 0 heterocycles. The van der Waals surface area contributed by atoms with Crippen LogP contribution in [0.3, 0.4) is 0 Å². The van der Waals surface area contributed by atoms with Gasteiger partial charge in [0.05, 0.1) is 12.2 Å². The molecule has 0 fully saturated rings. The average molecular weight is 203 g/mol. The number of rotatable bonds is 8. The van der Waals surface area contributed by atoms with Crippen LogP contribution in [0, 0.1) is 0 Å². The Labute approximate surface area is 87.7 Å². The SMILES string of the molecule is CCCCCN(CCO)CC(C)(C)O. The molecule has 0 aliphatic carbocycles. The minimum Gasteiger partial charge on any atom is -0.395 e. The third kappa shape index (κ3) is 8.48. The third-order valence-corrected chi connectivity index (χ3v) is 2.10. The molecule has 0 unspecified atom stereocenters. The first-order valence-corrected chi connectivity index (χ1v) is 5.55. The zero-order valence-electron chi connectivity index (χ0n) is 9.79. The van der Waals surface area contributed by atoms with E-state index in [1.54, 1.807) is 13.8 Å². The number of aliphatic hydroxyl groups is 2. The molecule has 0 atom stereocenters. The van der Waals surface area contributed by atoms with Gasteiger partial charge in [-0.15, -0.1) is 0 Å². The molecule has 86 valence electrons. The van der Waals surface area contributed by atoms with Crippen LogP contribution in [0.4, 0.5) is 0 Å². The van der Waals surface area contributed by atoms with Crippen LogP contribution in [0.2, 0.25) is 0 Å². The van der Waals surface area contributed by atoms with Gasteiger partial charge in [-0.1, -0.05) is 19.8 Å². The zero-order chi connectivity index (χ0) is 11.0. The Hall–Kier alpha value is -0.120. The molecule has 0 rings (SSSR count). The van der Waals surface area contributed by atoms with Crippen molar-refractivity contribution in [2.24, 2.45) is 0 Å². The van der Waals surface area contributed by atoms with Gasteiger partial charge in [0, 0.05) is 13.1 Å². The molecule has 0 bridgehead atoms. The van der Waals surface area contributed by atoms with E-state index in [4.69, 9.17) is 5.11 Å². The minimum absolute atomic E-state index is 0.169. The third-order valence-electron chi connectivity index (χ3n) is 2.10. The summed E-state index contributed by atoms with van der Waals surface area (Å²) in [6.45, 7) is 8.21. The van der Waals surface area contributed by atoms with Crippen LogP contribution in [0.15, 0.2) is 0 Å². The van der Waals surface area contributed by atoms with Crippen molar-refractivity contribution in [3.8, 4) is 0 Å². The van der Waals surface area contributed by atoms with E-state index in [2.05, 4.69) is 11.8 Å². The molecular weight excluding hydrogens is 178 g/mol. The zero-order valence-corrected chi connectivity index (χ0v) is 9.79. The lowest BCUT2D eigenvalue weighted by molar-refractivity contribution is 0.0304. The topological polar surface area (TPSA) is 43.7 Å². The van der Waals surface area contributed by atoms with Gasteiger partial charge in [-0.05, 0) is 26.8 Å². The fourth-order valence-electron chi connectivity index (χ4n) is 1.54. The molecule has 0 aliphatic rings. The highest BCUT2D eigenvalue weighted by molar-refractivity contribution is 4.71. The largest absolute Gasteiger partial charge is 0.395 e.